The number of likely N-dealkylation sites (N-methyl/N-ethyl adjacent to an activating group) is 1. The molecular formula is C23H29N3O3. The predicted octanol–water partition coefficient (Wildman–Crippen LogP) is 4.44. The van der Waals surface area contributed by atoms with E-state index in [1.807, 2.05) is 46.0 Å². The average Bonchev–Trinajstić information content (AvgIpc) is 2.67. The summed E-state index contributed by atoms with van der Waals surface area (Å²) in [7, 11) is 3.52. The molecule has 0 aromatic heterocycles. The van der Waals surface area contributed by atoms with Crippen LogP contribution in [-0.2, 0) is 11.3 Å². The van der Waals surface area contributed by atoms with Crippen molar-refractivity contribution in [1.82, 2.24) is 4.90 Å². The Kier molecular flexibility index (Phi) is 7.63. The second-order valence-corrected chi connectivity index (χ2v) is 7.85. The molecule has 0 fully saturated rings. The zero-order chi connectivity index (χ0) is 21.4. The van der Waals surface area contributed by atoms with Gasteiger partial charge in [-0.2, -0.15) is 5.26 Å². The highest BCUT2D eigenvalue weighted by molar-refractivity contribution is 5.88. The van der Waals surface area contributed by atoms with Gasteiger partial charge < -0.3 is 14.4 Å². The molecule has 2 aromatic rings. The van der Waals surface area contributed by atoms with Crippen molar-refractivity contribution in [3.8, 4) is 11.8 Å². The van der Waals surface area contributed by atoms with Crippen molar-refractivity contribution in [3.63, 3.8) is 0 Å². The van der Waals surface area contributed by atoms with Crippen LogP contribution in [0.1, 0.15) is 31.9 Å². The summed E-state index contributed by atoms with van der Waals surface area (Å²) in [5.41, 5.74) is 1.64. The second kappa shape index (κ2) is 9.94. The fraction of sp³-hybridized carbons (Fsp3) is 0.391. The van der Waals surface area contributed by atoms with Crippen LogP contribution in [0.5, 0.6) is 5.75 Å². The Morgan fingerprint density at radius 3 is 2.38 bits per heavy atom. The van der Waals surface area contributed by atoms with Gasteiger partial charge in [0.05, 0.1) is 18.4 Å². The molecule has 2 rings (SSSR count). The highest BCUT2D eigenvalue weighted by Crippen LogP contribution is 2.26. The van der Waals surface area contributed by atoms with Crippen LogP contribution < -0.4 is 9.64 Å². The summed E-state index contributed by atoms with van der Waals surface area (Å²) in [4.78, 5) is 16.6. The van der Waals surface area contributed by atoms with Crippen molar-refractivity contribution >= 4 is 11.8 Å². The number of hydrogen-bond acceptors (Lipinski definition) is 5. The zero-order valence-corrected chi connectivity index (χ0v) is 17.8. The van der Waals surface area contributed by atoms with Gasteiger partial charge in [0.1, 0.15) is 17.4 Å². The number of nitriles is 1. The summed E-state index contributed by atoms with van der Waals surface area (Å²) in [5, 5.41) is 9.22. The van der Waals surface area contributed by atoms with Gasteiger partial charge in [-0.25, -0.2) is 4.79 Å². The van der Waals surface area contributed by atoms with E-state index in [-0.39, 0.29) is 0 Å². The van der Waals surface area contributed by atoms with E-state index in [0.717, 1.165) is 6.54 Å². The van der Waals surface area contributed by atoms with Crippen molar-refractivity contribution < 1.29 is 14.3 Å². The van der Waals surface area contributed by atoms with Crippen molar-refractivity contribution in [3.05, 3.63) is 59.7 Å². The van der Waals surface area contributed by atoms with E-state index in [0.29, 0.717) is 30.1 Å². The smallest absolute Gasteiger partial charge is 0.414 e. The number of methoxy groups -OCH3 is 1. The van der Waals surface area contributed by atoms with Crippen LogP contribution in [0.25, 0.3) is 0 Å². The number of rotatable bonds is 7. The first-order chi connectivity index (χ1) is 13.7. The molecule has 0 radical (unpaired) electrons. The van der Waals surface area contributed by atoms with E-state index in [4.69, 9.17) is 9.47 Å². The molecule has 1 amide bonds. The third-order valence-corrected chi connectivity index (χ3v) is 4.23. The molecule has 0 unspecified atom stereocenters. The van der Waals surface area contributed by atoms with E-state index in [1.54, 1.807) is 23.1 Å². The van der Waals surface area contributed by atoms with Crippen LogP contribution in [0.15, 0.2) is 48.5 Å². The van der Waals surface area contributed by atoms with Gasteiger partial charge in [-0.1, -0.05) is 30.3 Å². The molecule has 0 N–H and O–H groups in total. The van der Waals surface area contributed by atoms with Gasteiger partial charge in [0.25, 0.3) is 0 Å². The Morgan fingerprint density at radius 1 is 1.10 bits per heavy atom. The van der Waals surface area contributed by atoms with Crippen LogP contribution >= 0.6 is 0 Å². The standard InChI is InChI=1S/C23H29N3O3/c1-23(2,3)29-22(27)26(20-12-11-19(16-24)21(15-20)28-5)14-13-25(4)17-18-9-7-6-8-10-18/h6-12,15H,13-14,17H2,1-5H3. The first kappa shape index (κ1) is 22.3. The molecule has 6 nitrogen and oxygen atoms in total. The first-order valence-corrected chi connectivity index (χ1v) is 9.54. The van der Waals surface area contributed by atoms with Gasteiger partial charge >= 0.3 is 6.09 Å². The molecule has 0 aliphatic heterocycles. The Morgan fingerprint density at radius 2 is 1.79 bits per heavy atom. The van der Waals surface area contributed by atoms with E-state index in [2.05, 4.69) is 23.1 Å². The molecule has 29 heavy (non-hydrogen) atoms. The van der Waals surface area contributed by atoms with Gasteiger partial charge in [-0.05, 0) is 45.5 Å². The minimum Gasteiger partial charge on any atom is -0.495 e. The van der Waals surface area contributed by atoms with E-state index in [1.165, 1.54) is 12.7 Å². The summed E-state index contributed by atoms with van der Waals surface area (Å²) in [5.74, 6) is 0.427. The van der Waals surface area contributed by atoms with Crippen molar-refractivity contribution in [2.75, 3.05) is 32.1 Å². The Hall–Kier alpha value is -3.04. The number of hydrogen-bond donors (Lipinski definition) is 0. The maximum atomic E-state index is 12.9. The van der Waals surface area contributed by atoms with Gasteiger partial charge in [0.2, 0.25) is 0 Å². The molecule has 2 aromatic carbocycles. The quantitative estimate of drug-likeness (QED) is 0.693. The number of carbonyl (C=O) groups excluding carboxylic acids is 1. The largest absolute Gasteiger partial charge is 0.495 e. The molecule has 0 bridgehead atoms. The summed E-state index contributed by atoms with van der Waals surface area (Å²) in [6.45, 7) is 7.38. The molecule has 0 spiro atoms. The SMILES string of the molecule is COc1cc(N(CCN(C)Cc2ccccc2)C(=O)OC(C)(C)C)ccc1C#N. The van der Waals surface area contributed by atoms with Crippen LogP contribution in [0, 0.1) is 11.3 Å². The lowest BCUT2D eigenvalue weighted by atomic mass is 10.1. The first-order valence-electron chi connectivity index (χ1n) is 9.54. The molecule has 0 saturated heterocycles. The number of benzene rings is 2. The Balaban J connectivity index is 2.19. The van der Waals surface area contributed by atoms with E-state index in [9.17, 15) is 10.1 Å². The van der Waals surface area contributed by atoms with Gasteiger partial charge in [0, 0.05) is 25.7 Å². The lowest BCUT2D eigenvalue weighted by Gasteiger charge is -2.29. The van der Waals surface area contributed by atoms with Crippen molar-refractivity contribution in [2.24, 2.45) is 0 Å². The Labute approximate surface area is 173 Å². The summed E-state index contributed by atoms with van der Waals surface area (Å²) in [6, 6.07) is 17.3. The third-order valence-electron chi connectivity index (χ3n) is 4.23. The number of anilines is 1. The fourth-order valence-electron chi connectivity index (χ4n) is 2.83. The number of nitrogens with zero attached hydrogens (tertiary/aromatic N) is 3. The van der Waals surface area contributed by atoms with Crippen LogP contribution in [0.2, 0.25) is 0 Å². The minimum absolute atomic E-state index is 0.418. The maximum Gasteiger partial charge on any atom is 0.414 e. The normalized spacial score (nSPS) is 11.1. The molecule has 0 aliphatic rings. The molecule has 0 aliphatic carbocycles. The summed E-state index contributed by atoms with van der Waals surface area (Å²) in [6.07, 6.45) is -0.433. The van der Waals surface area contributed by atoms with Crippen molar-refractivity contribution in [1.29, 1.82) is 5.26 Å². The van der Waals surface area contributed by atoms with E-state index < -0.39 is 11.7 Å². The highest BCUT2D eigenvalue weighted by Gasteiger charge is 2.24. The van der Waals surface area contributed by atoms with E-state index >= 15 is 0 Å². The molecular weight excluding hydrogens is 366 g/mol. The minimum atomic E-state index is -0.609. The van der Waals surface area contributed by atoms with Gasteiger partial charge in [0.15, 0.2) is 0 Å². The number of amides is 1. The highest BCUT2D eigenvalue weighted by atomic mass is 16.6. The molecule has 6 heteroatoms. The molecule has 0 atom stereocenters. The Bertz CT molecular complexity index is 854. The zero-order valence-electron chi connectivity index (χ0n) is 17.8. The van der Waals surface area contributed by atoms with Crippen LogP contribution in [0.4, 0.5) is 10.5 Å². The third kappa shape index (κ3) is 6.81. The topological polar surface area (TPSA) is 65.8 Å². The summed E-state index contributed by atoms with van der Waals surface area (Å²) < 4.78 is 10.9. The lowest BCUT2D eigenvalue weighted by Crippen LogP contribution is -2.41. The van der Waals surface area contributed by atoms with Crippen LogP contribution in [0.3, 0.4) is 0 Å². The predicted molar refractivity (Wildman–Crippen MR) is 114 cm³/mol. The van der Waals surface area contributed by atoms with Gasteiger partial charge in [-0.15, -0.1) is 0 Å². The monoisotopic (exact) mass is 395 g/mol. The molecule has 0 saturated carbocycles. The van der Waals surface area contributed by atoms with Crippen LogP contribution in [-0.4, -0.2) is 43.8 Å². The molecule has 0 heterocycles. The maximum absolute atomic E-state index is 12.9. The fourth-order valence-corrected chi connectivity index (χ4v) is 2.83. The average molecular weight is 396 g/mol. The van der Waals surface area contributed by atoms with Gasteiger partial charge in [-0.3, -0.25) is 4.90 Å². The lowest BCUT2D eigenvalue weighted by molar-refractivity contribution is 0.0577. The summed E-state index contributed by atoms with van der Waals surface area (Å²) >= 11 is 0. The van der Waals surface area contributed by atoms with Crippen molar-refractivity contribution in [2.45, 2.75) is 32.9 Å². The molecule has 154 valence electrons. The number of ether oxygens (including phenoxy) is 2. The second-order valence-electron chi connectivity index (χ2n) is 7.85. The number of carbonyl (C=O) groups is 1.